The van der Waals surface area contributed by atoms with Crippen LogP contribution in [-0.2, 0) is 6.54 Å². The van der Waals surface area contributed by atoms with Gasteiger partial charge >= 0.3 is 0 Å². The summed E-state index contributed by atoms with van der Waals surface area (Å²) in [4.78, 5) is 11.7. The summed E-state index contributed by atoms with van der Waals surface area (Å²) in [6, 6.07) is 6.09. The summed E-state index contributed by atoms with van der Waals surface area (Å²) in [7, 11) is 0. The summed E-state index contributed by atoms with van der Waals surface area (Å²) in [5.74, 6) is 0. The molecule has 2 aromatic rings. The third-order valence-corrected chi connectivity index (χ3v) is 3.21. The van der Waals surface area contributed by atoms with E-state index in [1.54, 1.807) is 4.68 Å². The third-order valence-electron chi connectivity index (χ3n) is 3.21. The molecule has 0 aliphatic rings. The summed E-state index contributed by atoms with van der Waals surface area (Å²) < 4.78 is 1.79. The molecule has 0 spiro atoms. The molecule has 0 radical (unpaired) electrons. The second-order valence-corrected chi connectivity index (χ2v) is 4.31. The molecule has 0 fully saturated rings. The van der Waals surface area contributed by atoms with E-state index < -0.39 is 0 Å². The van der Waals surface area contributed by atoms with E-state index in [1.807, 2.05) is 19.1 Å². The van der Waals surface area contributed by atoms with Gasteiger partial charge in [0.25, 0.3) is 5.56 Å². The maximum Gasteiger partial charge on any atom is 0.269 e. The molecule has 17 heavy (non-hydrogen) atoms. The first kappa shape index (κ1) is 11.7. The molecule has 1 aromatic carbocycles. The zero-order valence-electron chi connectivity index (χ0n) is 10.4. The highest BCUT2D eigenvalue weighted by atomic mass is 16.1. The lowest BCUT2D eigenvalue weighted by molar-refractivity contribution is 0.831. The second kappa shape index (κ2) is 4.22. The molecule has 3 N–H and O–H groups in total. The van der Waals surface area contributed by atoms with Gasteiger partial charge in [0.15, 0.2) is 0 Å². The van der Waals surface area contributed by atoms with Gasteiger partial charge in [-0.1, -0.05) is 6.07 Å². The van der Waals surface area contributed by atoms with Crippen LogP contribution in [0.1, 0.15) is 22.4 Å². The van der Waals surface area contributed by atoms with Gasteiger partial charge in [-0.05, 0) is 44.0 Å². The van der Waals surface area contributed by atoms with Crippen LogP contribution in [0.15, 0.2) is 23.0 Å². The van der Waals surface area contributed by atoms with Crippen molar-refractivity contribution in [2.45, 2.75) is 27.3 Å². The van der Waals surface area contributed by atoms with E-state index in [-0.39, 0.29) is 12.1 Å². The molecule has 0 unspecified atom stereocenters. The molecule has 1 aromatic heterocycles. The number of aryl methyl sites for hydroxylation is 2. The Morgan fingerprint density at radius 2 is 1.94 bits per heavy atom. The van der Waals surface area contributed by atoms with E-state index in [9.17, 15) is 4.79 Å². The minimum Gasteiger partial charge on any atom is -0.326 e. The van der Waals surface area contributed by atoms with Crippen LogP contribution < -0.4 is 11.3 Å². The quantitative estimate of drug-likeness (QED) is 0.823. The zero-order chi connectivity index (χ0) is 12.6. The molecular formula is C13H17N3O. The van der Waals surface area contributed by atoms with Crippen molar-refractivity contribution in [2.75, 3.05) is 0 Å². The molecule has 0 atom stereocenters. The largest absolute Gasteiger partial charge is 0.326 e. The lowest BCUT2D eigenvalue weighted by Gasteiger charge is -2.08. The first-order valence-electron chi connectivity index (χ1n) is 5.62. The smallest absolute Gasteiger partial charge is 0.269 e. The van der Waals surface area contributed by atoms with Crippen molar-refractivity contribution in [1.29, 1.82) is 0 Å². The van der Waals surface area contributed by atoms with Crippen molar-refractivity contribution in [3.05, 3.63) is 50.9 Å². The number of nitrogens with two attached hydrogens (primary N) is 1. The van der Waals surface area contributed by atoms with Crippen LogP contribution in [0.5, 0.6) is 0 Å². The van der Waals surface area contributed by atoms with Gasteiger partial charge in [0.2, 0.25) is 0 Å². The zero-order valence-corrected chi connectivity index (χ0v) is 10.4. The van der Waals surface area contributed by atoms with Crippen LogP contribution in [-0.4, -0.2) is 9.78 Å². The van der Waals surface area contributed by atoms with Crippen molar-refractivity contribution in [1.82, 2.24) is 9.78 Å². The Hall–Kier alpha value is -1.81. The summed E-state index contributed by atoms with van der Waals surface area (Å²) in [5, 5.41) is 2.81. The topological polar surface area (TPSA) is 63.8 Å². The van der Waals surface area contributed by atoms with E-state index in [2.05, 4.69) is 25.0 Å². The fourth-order valence-electron chi connectivity index (χ4n) is 1.92. The fraction of sp³-hybridized carbons (Fsp3) is 0.308. The average Bonchev–Trinajstić information content (AvgIpc) is 2.58. The maximum atomic E-state index is 11.7. The van der Waals surface area contributed by atoms with Crippen LogP contribution in [0.4, 0.5) is 0 Å². The molecule has 1 heterocycles. The van der Waals surface area contributed by atoms with E-state index in [4.69, 9.17) is 5.73 Å². The van der Waals surface area contributed by atoms with E-state index in [1.165, 1.54) is 11.1 Å². The Bertz CT molecular complexity index is 608. The minimum atomic E-state index is -0.108. The molecule has 2 rings (SSSR count). The van der Waals surface area contributed by atoms with Gasteiger partial charge in [-0.2, -0.15) is 0 Å². The number of rotatable bonds is 2. The number of aromatic amines is 1. The lowest BCUT2D eigenvalue weighted by Crippen LogP contribution is -2.10. The van der Waals surface area contributed by atoms with Crippen LogP contribution in [0.2, 0.25) is 0 Å². The number of nitrogens with zero attached hydrogens (tertiary/aromatic N) is 1. The molecule has 0 saturated heterocycles. The average molecular weight is 231 g/mol. The van der Waals surface area contributed by atoms with Gasteiger partial charge in [-0.3, -0.25) is 14.6 Å². The van der Waals surface area contributed by atoms with Crippen molar-refractivity contribution in [2.24, 2.45) is 5.73 Å². The molecular weight excluding hydrogens is 214 g/mol. The van der Waals surface area contributed by atoms with Gasteiger partial charge in [-0.25, -0.2) is 0 Å². The predicted molar refractivity (Wildman–Crippen MR) is 68.5 cm³/mol. The highest BCUT2D eigenvalue weighted by Crippen LogP contribution is 2.15. The Morgan fingerprint density at radius 1 is 1.24 bits per heavy atom. The molecule has 0 amide bonds. The van der Waals surface area contributed by atoms with Crippen molar-refractivity contribution >= 4 is 0 Å². The summed E-state index contributed by atoms with van der Waals surface area (Å²) in [6.45, 7) is 6.28. The molecule has 0 aliphatic carbocycles. The minimum absolute atomic E-state index is 0.108. The van der Waals surface area contributed by atoms with E-state index >= 15 is 0 Å². The second-order valence-electron chi connectivity index (χ2n) is 4.31. The van der Waals surface area contributed by atoms with Crippen LogP contribution in [0, 0.1) is 20.8 Å². The van der Waals surface area contributed by atoms with Gasteiger partial charge < -0.3 is 5.73 Å². The van der Waals surface area contributed by atoms with Gasteiger partial charge in [0, 0.05) is 12.2 Å². The first-order valence-corrected chi connectivity index (χ1v) is 5.62. The molecule has 0 aliphatic heterocycles. The number of benzene rings is 1. The lowest BCUT2D eigenvalue weighted by atomic mass is 10.1. The van der Waals surface area contributed by atoms with Gasteiger partial charge in [-0.15, -0.1) is 0 Å². The Kier molecular flexibility index (Phi) is 2.90. The van der Waals surface area contributed by atoms with Crippen LogP contribution >= 0.6 is 0 Å². The summed E-state index contributed by atoms with van der Waals surface area (Å²) >= 11 is 0. The standard InChI is InChI=1S/C13H17N3O/c1-8-4-5-11(6-9(8)2)16-10(3)12(7-14)13(17)15-16/h4-6H,7,14H2,1-3H3,(H,15,17). The molecule has 4 heteroatoms. The number of nitrogens with one attached hydrogen (secondary N) is 1. The van der Waals surface area contributed by atoms with Crippen molar-refractivity contribution in [3.63, 3.8) is 0 Å². The molecule has 0 saturated carbocycles. The van der Waals surface area contributed by atoms with Crippen LogP contribution in [0.25, 0.3) is 5.69 Å². The Morgan fingerprint density at radius 3 is 2.47 bits per heavy atom. The van der Waals surface area contributed by atoms with Crippen molar-refractivity contribution in [3.8, 4) is 5.69 Å². The van der Waals surface area contributed by atoms with Gasteiger partial charge in [0.1, 0.15) is 0 Å². The maximum absolute atomic E-state index is 11.7. The molecule has 4 nitrogen and oxygen atoms in total. The van der Waals surface area contributed by atoms with E-state index in [0.29, 0.717) is 5.56 Å². The first-order chi connectivity index (χ1) is 8.04. The van der Waals surface area contributed by atoms with Crippen LogP contribution in [0.3, 0.4) is 0 Å². The number of hydrogen-bond donors (Lipinski definition) is 2. The van der Waals surface area contributed by atoms with Gasteiger partial charge in [0.05, 0.1) is 11.3 Å². The Balaban J connectivity index is 2.61. The SMILES string of the molecule is Cc1ccc(-n2[nH]c(=O)c(CN)c2C)cc1C. The highest BCUT2D eigenvalue weighted by molar-refractivity contribution is 5.41. The fourth-order valence-corrected chi connectivity index (χ4v) is 1.92. The summed E-state index contributed by atoms with van der Waals surface area (Å²) in [6.07, 6.45) is 0. The van der Waals surface area contributed by atoms with E-state index in [0.717, 1.165) is 11.4 Å². The Labute approximate surface area is 100 Å². The predicted octanol–water partition coefficient (Wildman–Crippen LogP) is 1.55. The number of aromatic nitrogens is 2. The number of H-pyrrole nitrogens is 1. The number of hydrogen-bond acceptors (Lipinski definition) is 2. The normalized spacial score (nSPS) is 10.8. The molecule has 0 bridgehead atoms. The third kappa shape index (κ3) is 1.91. The monoisotopic (exact) mass is 231 g/mol. The highest BCUT2D eigenvalue weighted by Gasteiger charge is 2.10. The summed E-state index contributed by atoms with van der Waals surface area (Å²) in [5.41, 5.74) is 10.4. The molecule has 90 valence electrons. The van der Waals surface area contributed by atoms with Crippen molar-refractivity contribution < 1.29 is 0 Å².